The molecule has 5 nitrogen and oxygen atoms in total. The van der Waals surface area contributed by atoms with Crippen LogP contribution in [0.3, 0.4) is 0 Å². The van der Waals surface area contributed by atoms with Crippen molar-refractivity contribution >= 4 is 42.3 Å². The van der Waals surface area contributed by atoms with Gasteiger partial charge in [-0.2, -0.15) is 5.10 Å². The predicted molar refractivity (Wildman–Crippen MR) is 79.5 cm³/mol. The topological polar surface area (TPSA) is 63.7 Å². The van der Waals surface area contributed by atoms with Gasteiger partial charge < -0.3 is 4.74 Å². The molecule has 8 heteroatoms. The fourth-order valence-electron chi connectivity index (χ4n) is 1.54. The molecule has 0 saturated heterocycles. The van der Waals surface area contributed by atoms with Crippen molar-refractivity contribution < 1.29 is 4.74 Å². The normalized spacial score (nSPS) is 12.3. The third-order valence-electron chi connectivity index (χ3n) is 2.65. The van der Waals surface area contributed by atoms with Crippen LogP contribution in [-0.2, 0) is 11.3 Å². The maximum Gasteiger partial charge on any atom is 0.224 e. The molecule has 0 radical (unpaired) electrons. The Morgan fingerprint density at radius 2 is 1.89 bits per heavy atom. The molecule has 0 fully saturated rings. The quantitative estimate of drug-likeness (QED) is 0.396. The van der Waals surface area contributed by atoms with Crippen molar-refractivity contribution in [2.75, 3.05) is 6.61 Å². The second-order valence-corrected chi connectivity index (χ2v) is 11.9. The summed E-state index contributed by atoms with van der Waals surface area (Å²) in [5.74, 6) is 0. The molecule has 0 aliphatic carbocycles. The molecule has 19 heavy (non-hydrogen) atoms. The Balaban J connectivity index is 2.05. The molecule has 0 saturated carbocycles. The second kappa shape index (κ2) is 5.74. The standard InChI is InChI=1S/C11H16Cl2N4OSi/c1-19(2,3)5-4-18-6-7-8-9(17-16-7)10(12)15-11(13)14-8/h4-6H2,1-3H3,(H,16,17). The van der Waals surface area contributed by atoms with Crippen molar-refractivity contribution in [3.8, 4) is 0 Å². The molecule has 2 aromatic heterocycles. The fourth-order valence-corrected chi connectivity index (χ4v) is 2.72. The number of rotatable bonds is 5. The van der Waals surface area contributed by atoms with Gasteiger partial charge in [-0.1, -0.05) is 31.2 Å². The molecule has 0 bridgehead atoms. The molecule has 2 heterocycles. The minimum Gasteiger partial charge on any atom is -0.375 e. The third kappa shape index (κ3) is 3.89. The van der Waals surface area contributed by atoms with Crippen LogP contribution in [0.15, 0.2) is 0 Å². The number of aromatic nitrogens is 4. The molecule has 0 amide bonds. The summed E-state index contributed by atoms with van der Waals surface area (Å²) < 4.78 is 5.66. The lowest BCUT2D eigenvalue weighted by Crippen LogP contribution is -2.21. The highest BCUT2D eigenvalue weighted by molar-refractivity contribution is 6.76. The van der Waals surface area contributed by atoms with Crippen LogP contribution in [0.25, 0.3) is 11.0 Å². The molecule has 0 spiro atoms. The number of nitrogens with one attached hydrogen (secondary N) is 1. The zero-order valence-electron chi connectivity index (χ0n) is 11.1. The Labute approximate surface area is 122 Å². The van der Waals surface area contributed by atoms with E-state index in [1.54, 1.807) is 0 Å². The van der Waals surface area contributed by atoms with Crippen molar-refractivity contribution in [2.24, 2.45) is 0 Å². The molecule has 104 valence electrons. The van der Waals surface area contributed by atoms with Gasteiger partial charge in [0.15, 0.2) is 5.15 Å². The molecule has 0 unspecified atom stereocenters. The first kappa shape index (κ1) is 14.7. The van der Waals surface area contributed by atoms with Crippen molar-refractivity contribution in [3.05, 3.63) is 16.1 Å². The summed E-state index contributed by atoms with van der Waals surface area (Å²) in [5.41, 5.74) is 1.92. The molecule has 1 N–H and O–H groups in total. The monoisotopic (exact) mass is 318 g/mol. The summed E-state index contributed by atoms with van der Waals surface area (Å²) in [5, 5.41) is 7.31. The van der Waals surface area contributed by atoms with E-state index in [-0.39, 0.29) is 10.4 Å². The van der Waals surface area contributed by atoms with E-state index in [1.165, 1.54) is 0 Å². The van der Waals surface area contributed by atoms with E-state index in [9.17, 15) is 0 Å². The van der Waals surface area contributed by atoms with Gasteiger partial charge in [0.05, 0.1) is 12.3 Å². The second-order valence-electron chi connectivity index (χ2n) is 5.55. The maximum absolute atomic E-state index is 5.94. The van der Waals surface area contributed by atoms with Crippen LogP contribution in [0.1, 0.15) is 5.69 Å². The molecule has 2 rings (SSSR count). The maximum atomic E-state index is 5.94. The number of ether oxygens (including phenoxy) is 1. The van der Waals surface area contributed by atoms with Gasteiger partial charge >= 0.3 is 0 Å². The van der Waals surface area contributed by atoms with Gasteiger partial charge in [0, 0.05) is 14.7 Å². The van der Waals surface area contributed by atoms with Gasteiger partial charge in [0.25, 0.3) is 0 Å². The van der Waals surface area contributed by atoms with Crippen molar-refractivity contribution in [3.63, 3.8) is 0 Å². The van der Waals surface area contributed by atoms with Gasteiger partial charge in [-0.3, -0.25) is 5.10 Å². The van der Waals surface area contributed by atoms with Crippen molar-refractivity contribution in [1.29, 1.82) is 0 Å². The van der Waals surface area contributed by atoms with E-state index in [2.05, 4.69) is 39.8 Å². The van der Waals surface area contributed by atoms with E-state index in [0.29, 0.717) is 17.6 Å². The number of nitrogens with zero attached hydrogens (tertiary/aromatic N) is 3. The van der Waals surface area contributed by atoms with E-state index in [1.807, 2.05) is 0 Å². The third-order valence-corrected chi connectivity index (χ3v) is 4.78. The van der Waals surface area contributed by atoms with Gasteiger partial charge in [-0.05, 0) is 17.6 Å². The van der Waals surface area contributed by atoms with Crippen LogP contribution in [0.5, 0.6) is 0 Å². The highest BCUT2D eigenvalue weighted by Crippen LogP contribution is 2.22. The highest BCUT2D eigenvalue weighted by Gasteiger charge is 2.15. The zero-order chi connectivity index (χ0) is 14.0. The van der Waals surface area contributed by atoms with E-state index in [4.69, 9.17) is 27.9 Å². The van der Waals surface area contributed by atoms with Crippen molar-refractivity contribution in [2.45, 2.75) is 32.3 Å². The first-order chi connectivity index (χ1) is 8.87. The van der Waals surface area contributed by atoms with Crippen molar-refractivity contribution in [1.82, 2.24) is 20.2 Å². The van der Waals surface area contributed by atoms with E-state index >= 15 is 0 Å². The summed E-state index contributed by atoms with van der Waals surface area (Å²) in [6.45, 7) is 8.10. The van der Waals surface area contributed by atoms with Crippen LogP contribution < -0.4 is 0 Å². The van der Waals surface area contributed by atoms with Crippen LogP contribution in [0, 0.1) is 0 Å². The first-order valence-corrected chi connectivity index (χ1v) is 10.5. The van der Waals surface area contributed by atoms with E-state index < -0.39 is 8.07 Å². The Hall–Kier alpha value is -0.693. The number of halogens is 2. The average Bonchev–Trinajstić information content (AvgIpc) is 2.66. The summed E-state index contributed by atoms with van der Waals surface area (Å²) in [7, 11) is -1.07. The molecule has 0 aliphatic rings. The number of H-pyrrole nitrogens is 1. The summed E-state index contributed by atoms with van der Waals surface area (Å²) >= 11 is 11.7. The summed E-state index contributed by atoms with van der Waals surface area (Å²) in [6.07, 6.45) is 0. The lowest BCUT2D eigenvalue weighted by atomic mass is 10.3. The molecule has 2 aromatic rings. The Morgan fingerprint density at radius 3 is 2.58 bits per heavy atom. The SMILES string of the molecule is C[Si](C)(C)CCOCc1[nH]nc2c(Cl)nc(Cl)nc12. The van der Waals surface area contributed by atoms with Crippen LogP contribution in [0.2, 0.25) is 36.1 Å². The Bertz CT molecular complexity index is 582. The molecule has 0 aliphatic heterocycles. The number of hydrogen-bond donors (Lipinski definition) is 1. The smallest absolute Gasteiger partial charge is 0.224 e. The molecule has 0 aromatic carbocycles. The Kier molecular flexibility index (Phi) is 4.45. The minimum absolute atomic E-state index is 0.113. The molecular weight excluding hydrogens is 303 g/mol. The molecule has 0 atom stereocenters. The zero-order valence-corrected chi connectivity index (χ0v) is 13.6. The van der Waals surface area contributed by atoms with Crippen LogP contribution >= 0.6 is 23.2 Å². The van der Waals surface area contributed by atoms with Crippen LogP contribution in [-0.4, -0.2) is 34.8 Å². The van der Waals surface area contributed by atoms with Gasteiger partial charge in [-0.15, -0.1) is 0 Å². The van der Waals surface area contributed by atoms with Gasteiger partial charge in [-0.25, -0.2) is 9.97 Å². The van der Waals surface area contributed by atoms with E-state index in [0.717, 1.165) is 18.3 Å². The number of hydrogen-bond acceptors (Lipinski definition) is 4. The number of fused-ring (bicyclic) bond motifs is 1. The lowest BCUT2D eigenvalue weighted by molar-refractivity contribution is 0.131. The largest absolute Gasteiger partial charge is 0.375 e. The van der Waals surface area contributed by atoms with Crippen LogP contribution in [0.4, 0.5) is 0 Å². The lowest BCUT2D eigenvalue weighted by Gasteiger charge is -2.14. The average molecular weight is 319 g/mol. The fraction of sp³-hybridized carbons (Fsp3) is 0.545. The number of aromatic amines is 1. The molecular formula is C11H16Cl2N4OSi. The minimum atomic E-state index is -1.07. The van der Waals surface area contributed by atoms with Gasteiger partial charge in [0.2, 0.25) is 5.28 Å². The highest BCUT2D eigenvalue weighted by atomic mass is 35.5. The first-order valence-electron chi connectivity index (χ1n) is 6.00. The predicted octanol–water partition coefficient (Wildman–Crippen LogP) is 3.51. The summed E-state index contributed by atoms with van der Waals surface area (Å²) in [4.78, 5) is 7.97. The summed E-state index contributed by atoms with van der Waals surface area (Å²) in [6, 6.07) is 1.12. The Morgan fingerprint density at radius 1 is 1.16 bits per heavy atom. The van der Waals surface area contributed by atoms with Gasteiger partial charge in [0.1, 0.15) is 11.0 Å².